The van der Waals surface area contributed by atoms with E-state index in [1.165, 1.54) is 7.05 Å². The molecule has 0 fully saturated rings. The van der Waals surface area contributed by atoms with Crippen LogP contribution in [0.3, 0.4) is 0 Å². The van der Waals surface area contributed by atoms with Crippen molar-refractivity contribution in [1.29, 1.82) is 0 Å². The van der Waals surface area contributed by atoms with E-state index in [0.29, 0.717) is 17.9 Å². The topological polar surface area (TPSA) is 75.3 Å². The molecule has 1 aromatic carbocycles. The van der Waals surface area contributed by atoms with E-state index in [2.05, 4.69) is 10.0 Å². The zero-order valence-electron chi connectivity index (χ0n) is 11.4. The largest absolute Gasteiger partial charge is 0.355 e. The first-order valence-electron chi connectivity index (χ1n) is 6.35. The second-order valence-corrected chi connectivity index (χ2v) is 6.84. The lowest BCUT2D eigenvalue weighted by Crippen LogP contribution is -2.32. The molecule has 0 atom stereocenters. The average Bonchev–Trinajstić information content (AvgIpc) is 2.38. The highest BCUT2D eigenvalue weighted by molar-refractivity contribution is 7.89. The minimum atomic E-state index is -3.26. The van der Waals surface area contributed by atoms with Crippen LogP contribution in [-0.2, 0) is 21.2 Å². The minimum Gasteiger partial charge on any atom is -0.355 e. The van der Waals surface area contributed by atoms with Crippen LogP contribution in [0, 0.1) is 0 Å². The molecule has 112 valence electrons. The molecule has 0 bridgehead atoms. The Hall–Kier alpha value is -1.11. The molecule has 0 spiro atoms. The number of carbonyl (C=O) groups is 1. The second kappa shape index (κ2) is 8.24. The molecule has 7 heteroatoms. The van der Waals surface area contributed by atoms with E-state index < -0.39 is 10.0 Å². The highest BCUT2D eigenvalue weighted by atomic mass is 35.5. The van der Waals surface area contributed by atoms with E-state index in [1.54, 1.807) is 6.07 Å². The van der Waals surface area contributed by atoms with Gasteiger partial charge in [-0.05, 0) is 37.6 Å². The summed E-state index contributed by atoms with van der Waals surface area (Å²) in [6.45, 7) is 0.124. The van der Waals surface area contributed by atoms with Gasteiger partial charge >= 0.3 is 0 Å². The highest BCUT2D eigenvalue weighted by Gasteiger charge is 2.07. The van der Waals surface area contributed by atoms with Crippen LogP contribution in [0.25, 0.3) is 0 Å². The summed E-state index contributed by atoms with van der Waals surface area (Å²) in [5, 5.41) is 3.27. The van der Waals surface area contributed by atoms with E-state index in [1.807, 2.05) is 18.2 Å². The van der Waals surface area contributed by atoms with Crippen LogP contribution in [0.5, 0.6) is 0 Å². The average molecular weight is 319 g/mol. The molecule has 0 saturated heterocycles. The summed E-state index contributed by atoms with van der Waals surface area (Å²) < 4.78 is 24.5. The van der Waals surface area contributed by atoms with E-state index >= 15 is 0 Å². The van der Waals surface area contributed by atoms with Crippen LogP contribution in [0.2, 0.25) is 5.02 Å². The number of nitrogens with one attached hydrogen (secondary N) is 2. The van der Waals surface area contributed by atoms with Gasteiger partial charge in [0.05, 0.1) is 5.75 Å². The third-order valence-electron chi connectivity index (χ3n) is 2.76. The number of halogens is 1. The van der Waals surface area contributed by atoms with Crippen molar-refractivity contribution in [1.82, 2.24) is 10.0 Å². The lowest BCUT2D eigenvalue weighted by atomic mass is 10.1. The van der Waals surface area contributed by atoms with Crippen LogP contribution in [0.15, 0.2) is 24.3 Å². The summed E-state index contributed by atoms with van der Waals surface area (Å²) in [7, 11) is -1.91. The molecule has 0 heterocycles. The molecule has 20 heavy (non-hydrogen) atoms. The van der Waals surface area contributed by atoms with Gasteiger partial charge in [-0.3, -0.25) is 4.79 Å². The Balaban J connectivity index is 2.21. The Labute approximate surface area is 124 Å². The van der Waals surface area contributed by atoms with Crippen molar-refractivity contribution in [2.45, 2.75) is 19.3 Å². The van der Waals surface area contributed by atoms with E-state index in [-0.39, 0.29) is 18.2 Å². The lowest BCUT2D eigenvalue weighted by Gasteiger charge is -2.06. The van der Waals surface area contributed by atoms with E-state index in [4.69, 9.17) is 11.6 Å². The van der Waals surface area contributed by atoms with Crippen molar-refractivity contribution >= 4 is 27.5 Å². The normalized spacial score (nSPS) is 11.3. The predicted molar refractivity (Wildman–Crippen MR) is 80.2 cm³/mol. The van der Waals surface area contributed by atoms with Gasteiger partial charge in [0.1, 0.15) is 0 Å². The zero-order chi connectivity index (χ0) is 15.0. The maximum Gasteiger partial charge on any atom is 0.220 e. The van der Waals surface area contributed by atoms with Gasteiger partial charge in [-0.25, -0.2) is 13.1 Å². The quantitative estimate of drug-likeness (QED) is 0.759. The fraction of sp³-hybridized carbons (Fsp3) is 0.462. The van der Waals surface area contributed by atoms with E-state index in [0.717, 1.165) is 12.0 Å². The maximum absolute atomic E-state index is 11.5. The molecular weight excluding hydrogens is 300 g/mol. The summed E-state index contributed by atoms with van der Waals surface area (Å²) >= 11 is 5.87. The van der Waals surface area contributed by atoms with Gasteiger partial charge in [0.2, 0.25) is 15.9 Å². The second-order valence-electron chi connectivity index (χ2n) is 4.36. The van der Waals surface area contributed by atoms with Gasteiger partial charge in [-0.15, -0.1) is 0 Å². The first kappa shape index (κ1) is 16.9. The smallest absolute Gasteiger partial charge is 0.220 e. The van der Waals surface area contributed by atoms with Gasteiger partial charge in [0, 0.05) is 18.0 Å². The Morgan fingerprint density at radius 2 is 2.10 bits per heavy atom. The van der Waals surface area contributed by atoms with Crippen LogP contribution in [0.4, 0.5) is 0 Å². The summed E-state index contributed by atoms with van der Waals surface area (Å²) in [5.41, 5.74) is 1.09. The molecule has 0 aliphatic carbocycles. The maximum atomic E-state index is 11.5. The minimum absolute atomic E-state index is 0.108. The number of benzene rings is 1. The molecule has 5 nitrogen and oxygen atoms in total. The highest BCUT2D eigenvalue weighted by Crippen LogP contribution is 2.12. The summed E-state index contributed by atoms with van der Waals surface area (Å²) in [6, 6.07) is 7.52. The summed E-state index contributed by atoms with van der Waals surface area (Å²) in [6.07, 6.45) is 1.83. The predicted octanol–water partition coefficient (Wildman–Crippen LogP) is 1.33. The molecule has 1 amide bonds. The standard InChI is InChI=1S/C13H19ClN2O3S/c1-15-20(18,19)9-8-16-13(17)7-3-5-11-4-2-6-12(14)10-11/h2,4,6,10,15H,3,5,7-9H2,1H3,(H,16,17). The van der Waals surface area contributed by atoms with Gasteiger partial charge in [0.15, 0.2) is 0 Å². The molecule has 0 aliphatic heterocycles. The molecule has 0 saturated carbocycles. The molecule has 0 unspecified atom stereocenters. The Morgan fingerprint density at radius 1 is 1.35 bits per heavy atom. The van der Waals surface area contributed by atoms with Crippen molar-refractivity contribution < 1.29 is 13.2 Å². The molecule has 0 aromatic heterocycles. The molecule has 1 aromatic rings. The molecule has 0 aliphatic rings. The number of hydrogen-bond donors (Lipinski definition) is 2. The van der Waals surface area contributed by atoms with Crippen LogP contribution >= 0.6 is 11.6 Å². The number of sulfonamides is 1. The SMILES string of the molecule is CNS(=O)(=O)CCNC(=O)CCCc1cccc(Cl)c1. The first-order valence-corrected chi connectivity index (χ1v) is 8.38. The van der Waals surface area contributed by atoms with Crippen LogP contribution in [0.1, 0.15) is 18.4 Å². The van der Waals surface area contributed by atoms with Crippen LogP contribution < -0.4 is 10.0 Å². The lowest BCUT2D eigenvalue weighted by molar-refractivity contribution is -0.121. The zero-order valence-corrected chi connectivity index (χ0v) is 12.9. The fourth-order valence-electron chi connectivity index (χ4n) is 1.66. The molecular formula is C13H19ClN2O3S. The van der Waals surface area contributed by atoms with Gasteiger partial charge < -0.3 is 5.32 Å². The number of rotatable bonds is 8. The molecule has 1 rings (SSSR count). The van der Waals surface area contributed by atoms with Crippen molar-refractivity contribution in [3.63, 3.8) is 0 Å². The van der Waals surface area contributed by atoms with Gasteiger partial charge in [-0.1, -0.05) is 23.7 Å². The van der Waals surface area contributed by atoms with Gasteiger partial charge in [0.25, 0.3) is 0 Å². The number of aryl methyl sites for hydroxylation is 1. The van der Waals surface area contributed by atoms with Crippen molar-refractivity contribution in [3.8, 4) is 0 Å². The molecule has 2 N–H and O–H groups in total. The third kappa shape index (κ3) is 6.88. The monoisotopic (exact) mass is 318 g/mol. The van der Waals surface area contributed by atoms with Crippen molar-refractivity contribution in [2.24, 2.45) is 0 Å². The Kier molecular flexibility index (Phi) is 6.98. The summed E-state index contributed by atoms with van der Waals surface area (Å²) in [4.78, 5) is 11.5. The van der Waals surface area contributed by atoms with Crippen molar-refractivity contribution in [2.75, 3.05) is 19.3 Å². The number of carbonyl (C=O) groups excluding carboxylic acids is 1. The first-order chi connectivity index (χ1) is 9.43. The Morgan fingerprint density at radius 3 is 2.75 bits per heavy atom. The Bertz CT molecular complexity index is 546. The number of amides is 1. The third-order valence-corrected chi connectivity index (χ3v) is 4.36. The molecule has 0 radical (unpaired) electrons. The van der Waals surface area contributed by atoms with Gasteiger partial charge in [-0.2, -0.15) is 0 Å². The fourth-order valence-corrected chi connectivity index (χ4v) is 2.45. The van der Waals surface area contributed by atoms with Crippen molar-refractivity contribution in [3.05, 3.63) is 34.9 Å². The number of hydrogen-bond acceptors (Lipinski definition) is 3. The summed E-state index contributed by atoms with van der Waals surface area (Å²) in [5.74, 6) is -0.248. The van der Waals surface area contributed by atoms with E-state index in [9.17, 15) is 13.2 Å². The van der Waals surface area contributed by atoms with Crippen LogP contribution in [-0.4, -0.2) is 33.7 Å².